The van der Waals surface area contributed by atoms with Crippen LogP contribution in [-0.4, -0.2) is 4.87 Å². The first-order chi connectivity index (χ1) is 5.27. The smallest absolute Gasteiger partial charge is 0.0391 e. The molecule has 0 aromatic rings. The highest BCUT2D eigenvalue weighted by Gasteiger charge is 2.20. The molecule has 2 heteroatoms. The van der Waals surface area contributed by atoms with Crippen LogP contribution in [0.25, 0.3) is 0 Å². The third-order valence-electron chi connectivity index (χ3n) is 1.73. The molecule has 0 fully saturated rings. The summed E-state index contributed by atoms with van der Waals surface area (Å²) in [5, 5.41) is 2.42. The molecule has 0 spiro atoms. The molecule has 0 aliphatic carbocycles. The van der Waals surface area contributed by atoms with Crippen molar-refractivity contribution in [2.45, 2.75) is 45.4 Å². The molecular weight excluding hydrogens is 191 g/mol. The van der Waals surface area contributed by atoms with Crippen molar-refractivity contribution < 1.29 is 0 Å². The van der Waals surface area contributed by atoms with Gasteiger partial charge in [0.15, 0.2) is 0 Å². The lowest BCUT2D eigenvalue weighted by molar-refractivity contribution is 0.410. The van der Waals surface area contributed by atoms with Crippen LogP contribution < -0.4 is 0 Å². The third kappa shape index (κ3) is 6.83. The monoisotopic (exact) mass is 206 g/mol. The maximum absolute atomic E-state index is 6.06. The average Bonchev–Trinajstić information content (AvgIpc) is 1.83. The standard InChI is InChI=1S/C10H16Cl2/c1-9(2,7-8-11)5-6-10(3,4)12/h5-6H2,1-4H3. The molecular formula is C10H16Cl2. The van der Waals surface area contributed by atoms with E-state index in [1.54, 1.807) is 0 Å². The molecule has 0 aromatic heterocycles. The summed E-state index contributed by atoms with van der Waals surface area (Å²) in [5.41, 5.74) is -0.0199. The predicted octanol–water partition coefficient (Wildman–Crippen LogP) is 4.01. The molecule has 0 nitrogen and oxygen atoms in total. The Morgan fingerprint density at radius 1 is 1.08 bits per heavy atom. The Hall–Kier alpha value is 0.140. The molecule has 0 N–H and O–H groups in total. The molecule has 0 unspecified atom stereocenters. The molecule has 0 saturated carbocycles. The van der Waals surface area contributed by atoms with Gasteiger partial charge < -0.3 is 0 Å². The topological polar surface area (TPSA) is 0 Å². The Balaban J connectivity index is 3.98. The molecule has 0 radical (unpaired) electrons. The van der Waals surface area contributed by atoms with E-state index < -0.39 is 0 Å². The first kappa shape index (κ1) is 12.1. The summed E-state index contributed by atoms with van der Waals surface area (Å²) in [4.78, 5) is -0.134. The fourth-order valence-corrected chi connectivity index (χ4v) is 1.15. The predicted molar refractivity (Wildman–Crippen MR) is 56.6 cm³/mol. The van der Waals surface area contributed by atoms with Gasteiger partial charge in [0.05, 0.1) is 0 Å². The van der Waals surface area contributed by atoms with Crippen LogP contribution in [0.3, 0.4) is 0 Å². The third-order valence-corrected chi connectivity index (χ3v) is 2.01. The number of hydrogen-bond acceptors (Lipinski definition) is 0. The molecule has 0 heterocycles. The van der Waals surface area contributed by atoms with Gasteiger partial charge in [0.2, 0.25) is 0 Å². The van der Waals surface area contributed by atoms with Crippen molar-refractivity contribution in [1.82, 2.24) is 0 Å². The van der Waals surface area contributed by atoms with Crippen molar-refractivity contribution in [2.24, 2.45) is 5.41 Å². The van der Waals surface area contributed by atoms with Crippen molar-refractivity contribution in [3.8, 4) is 11.3 Å². The van der Waals surface area contributed by atoms with E-state index >= 15 is 0 Å². The zero-order chi connectivity index (χ0) is 9.83. The quantitative estimate of drug-likeness (QED) is 0.484. The Labute approximate surface area is 85.6 Å². The molecule has 12 heavy (non-hydrogen) atoms. The molecule has 0 rings (SSSR count). The van der Waals surface area contributed by atoms with E-state index in [0.717, 1.165) is 12.8 Å². The van der Waals surface area contributed by atoms with E-state index in [9.17, 15) is 0 Å². The van der Waals surface area contributed by atoms with Gasteiger partial charge in [0, 0.05) is 15.7 Å². The van der Waals surface area contributed by atoms with Crippen molar-refractivity contribution in [2.75, 3.05) is 0 Å². The molecule has 0 aromatic carbocycles. The lowest BCUT2D eigenvalue weighted by Crippen LogP contribution is -2.16. The van der Waals surface area contributed by atoms with Gasteiger partial charge in [-0.05, 0) is 52.1 Å². The van der Waals surface area contributed by atoms with Crippen molar-refractivity contribution in [3.05, 3.63) is 0 Å². The van der Waals surface area contributed by atoms with Crippen LogP contribution >= 0.6 is 23.2 Å². The summed E-state index contributed by atoms with van der Waals surface area (Å²) in [6.45, 7) is 8.17. The fraction of sp³-hybridized carbons (Fsp3) is 0.800. The Morgan fingerprint density at radius 2 is 1.58 bits per heavy atom. The highest BCUT2D eigenvalue weighted by molar-refractivity contribution is 6.30. The summed E-state index contributed by atoms with van der Waals surface area (Å²) >= 11 is 11.4. The van der Waals surface area contributed by atoms with Gasteiger partial charge >= 0.3 is 0 Å². The van der Waals surface area contributed by atoms with Crippen LogP contribution in [0, 0.1) is 16.7 Å². The normalized spacial score (nSPS) is 12.2. The van der Waals surface area contributed by atoms with Gasteiger partial charge in [-0.2, -0.15) is 0 Å². The Kier molecular flexibility index (Phi) is 4.45. The molecule has 70 valence electrons. The summed E-state index contributed by atoms with van der Waals surface area (Å²) in [6, 6.07) is 0. The SMILES string of the molecule is CC(C)(Cl)CCC(C)(C)C#CCl. The highest BCUT2D eigenvalue weighted by Crippen LogP contribution is 2.28. The second kappa shape index (κ2) is 4.40. The van der Waals surface area contributed by atoms with Crippen LogP contribution in [0.5, 0.6) is 0 Å². The summed E-state index contributed by atoms with van der Waals surface area (Å²) < 4.78 is 0. The average molecular weight is 207 g/mol. The molecule has 0 amide bonds. The van der Waals surface area contributed by atoms with E-state index in [-0.39, 0.29) is 10.3 Å². The lowest BCUT2D eigenvalue weighted by atomic mass is 9.86. The van der Waals surface area contributed by atoms with E-state index in [2.05, 4.69) is 25.1 Å². The van der Waals surface area contributed by atoms with Gasteiger partial charge in [-0.3, -0.25) is 0 Å². The number of hydrogen-bond donors (Lipinski definition) is 0. The summed E-state index contributed by atoms with van der Waals surface area (Å²) in [6.07, 6.45) is 1.93. The van der Waals surface area contributed by atoms with E-state index in [1.165, 1.54) is 0 Å². The zero-order valence-corrected chi connectivity index (χ0v) is 9.68. The first-order valence-corrected chi connectivity index (χ1v) is 4.84. The number of halogens is 2. The molecule has 0 bridgehead atoms. The zero-order valence-electron chi connectivity index (χ0n) is 8.17. The summed E-state index contributed by atoms with van der Waals surface area (Å²) in [5.74, 6) is 2.95. The molecule has 0 saturated heterocycles. The second-order valence-electron chi connectivity index (χ2n) is 4.32. The molecule has 0 aliphatic heterocycles. The van der Waals surface area contributed by atoms with Crippen molar-refractivity contribution in [1.29, 1.82) is 0 Å². The van der Waals surface area contributed by atoms with Crippen molar-refractivity contribution >= 4 is 23.2 Å². The first-order valence-electron chi connectivity index (χ1n) is 4.09. The van der Waals surface area contributed by atoms with Crippen LogP contribution in [0.1, 0.15) is 40.5 Å². The molecule has 0 aliphatic rings. The van der Waals surface area contributed by atoms with E-state index in [1.807, 2.05) is 13.8 Å². The van der Waals surface area contributed by atoms with E-state index in [4.69, 9.17) is 23.2 Å². The minimum Gasteiger partial charge on any atom is -0.120 e. The number of alkyl halides is 1. The minimum absolute atomic E-state index is 0.0199. The maximum atomic E-state index is 6.06. The van der Waals surface area contributed by atoms with Crippen molar-refractivity contribution in [3.63, 3.8) is 0 Å². The number of rotatable bonds is 3. The van der Waals surface area contributed by atoms with Gasteiger partial charge in [-0.1, -0.05) is 5.92 Å². The van der Waals surface area contributed by atoms with E-state index in [0.29, 0.717) is 0 Å². The van der Waals surface area contributed by atoms with Gasteiger partial charge in [-0.25, -0.2) is 0 Å². The largest absolute Gasteiger partial charge is 0.120 e. The Bertz CT molecular complexity index is 188. The minimum atomic E-state index is -0.134. The Morgan fingerprint density at radius 3 is 1.92 bits per heavy atom. The van der Waals surface area contributed by atoms with Crippen LogP contribution in [0.2, 0.25) is 0 Å². The van der Waals surface area contributed by atoms with Gasteiger partial charge in [-0.15, -0.1) is 11.6 Å². The fourth-order valence-electron chi connectivity index (χ4n) is 0.800. The van der Waals surface area contributed by atoms with Crippen LogP contribution in [0.15, 0.2) is 0 Å². The van der Waals surface area contributed by atoms with Gasteiger partial charge in [0.1, 0.15) is 0 Å². The van der Waals surface area contributed by atoms with Crippen LogP contribution in [-0.2, 0) is 0 Å². The van der Waals surface area contributed by atoms with Gasteiger partial charge in [0.25, 0.3) is 0 Å². The maximum Gasteiger partial charge on any atom is 0.0391 e. The molecule has 0 atom stereocenters. The highest BCUT2D eigenvalue weighted by atomic mass is 35.5. The lowest BCUT2D eigenvalue weighted by Gasteiger charge is -2.22. The second-order valence-corrected chi connectivity index (χ2v) is 5.53. The summed E-state index contributed by atoms with van der Waals surface area (Å²) in [7, 11) is 0. The van der Waals surface area contributed by atoms with Crippen LogP contribution in [0.4, 0.5) is 0 Å².